The van der Waals surface area contributed by atoms with Crippen molar-refractivity contribution < 1.29 is 0 Å². The van der Waals surface area contributed by atoms with E-state index < -0.39 is 0 Å². The summed E-state index contributed by atoms with van der Waals surface area (Å²) < 4.78 is 6.77. The van der Waals surface area contributed by atoms with Crippen molar-refractivity contribution in [1.82, 2.24) is 13.7 Å². The maximum atomic E-state index is 10.2. The maximum Gasteiger partial charge on any atom is 0.218 e. The Kier molecular flexibility index (Phi) is 6.61. The van der Waals surface area contributed by atoms with Gasteiger partial charge < -0.3 is 13.7 Å². The van der Waals surface area contributed by atoms with Crippen LogP contribution in [0.5, 0.6) is 0 Å². The molecule has 0 saturated heterocycles. The molecule has 0 spiro atoms. The van der Waals surface area contributed by atoms with Crippen LogP contribution in [0.25, 0.3) is 98.5 Å². The van der Waals surface area contributed by atoms with Gasteiger partial charge in [-0.15, -0.1) is 0 Å². The van der Waals surface area contributed by atoms with E-state index in [9.17, 15) is 5.26 Å². The van der Waals surface area contributed by atoms with E-state index >= 15 is 0 Å². The lowest BCUT2D eigenvalue weighted by atomic mass is 10.0. The zero-order valence-electron chi connectivity index (χ0n) is 29.5. The lowest BCUT2D eigenvalue weighted by Gasteiger charge is -2.15. The predicted octanol–water partition coefficient (Wildman–Crippen LogP) is 13.1. The molecule has 3 aromatic heterocycles. The minimum absolute atomic E-state index is 0.578. The van der Waals surface area contributed by atoms with Crippen LogP contribution in [0, 0.1) is 17.9 Å². The highest BCUT2D eigenvalue weighted by Gasteiger charge is 2.21. The average molecular weight is 700 g/mol. The molecule has 55 heavy (non-hydrogen) atoms. The Balaban J connectivity index is 1.12. The third-order valence-electron chi connectivity index (χ3n) is 11.1. The molecule has 5 heteroatoms. The number of para-hydroxylation sites is 6. The Hall–Kier alpha value is -7.86. The summed E-state index contributed by atoms with van der Waals surface area (Å²) in [5, 5.41) is 17.0. The van der Waals surface area contributed by atoms with E-state index in [-0.39, 0.29) is 0 Å². The molecule has 11 rings (SSSR count). The van der Waals surface area contributed by atoms with Crippen molar-refractivity contribution in [3.8, 4) is 34.3 Å². The highest BCUT2D eigenvalue weighted by Crippen LogP contribution is 2.43. The quantitative estimate of drug-likeness (QED) is 0.169. The van der Waals surface area contributed by atoms with E-state index in [4.69, 9.17) is 6.57 Å². The minimum Gasteiger partial charge on any atom is -0.319 e. The highest BCUT2D eigenvalue weighted by molar-refractivity contribution is 6.13. The summed E-state index contributed by atoms with van der Waals surface area (Å²) in [6, 6.07) is 63.4. The van der Waals surface area contributed by atoms with Crippen LogP contribution in [0.2, 0.25) is 0 Å². The van der Waals surface area contributed by atoms with Gasteiger partial charge in [-0.3, -0.25) is 0 Å². The predicted molar refractivity (Wildman–Crippen MR) is 226 cm³/mol. The van der Waals surface area contributed by atoms with Crippen molar-refractivity contribution in [2.45, 2.75) is 0 Å². The SMILES string of the molecule is [C-]#[N+]c1c(-c2cccc(-n3c4ccccc4c4cccc(C#N)c43)c2)cccc1-n1c2ccccc2c2cc(-n3c4ccccc4c4ccccc43)ccc21. The topological polar surface area (TPSA) is 42.9 Å². The lowest BCUT2D eigenvalue weighted by molar-refractivity contribution is 1.17. The van der Waals surface area contributed by atoms with E-state index in [1.807, 2.05) is 42.5 Å². The van der Waals surface area contributed by atoms with E-state index in [1.54, 1.807) is 0 Å². The summed E-state index contributed by atoms with van der Waals surface area (Å²) in [6.45, 7) is 8.60. The van der Waals surface area contributed by atoms with Crippen molar-refractivity contribution in [1.29, 1.82) is 5.26 Å². The standard InChI is InChI=1S/C50H29N5/c1-52-49-36(32-13-10-15-34(29-32)54-45-24-8-4-18-39(45)41-21-11-14-33(31-51)50(41)54)20-12-26-48(49)55-46-25-9-5-19-40(46)42-30-35(27-28-47(42)55)53-43-22-6-2-16-37(43)38-17-3-7-23-44(38)53/h2-30H. The summed E-state index contributed by atoms with van der Waals surface area (Å²) in [5.74, 6) is 0. The van der Waals surface area contributed by atoms with Gasteiger partial charge in [0.2, 0.25) is 5.69 Å². The van der Waals surface area contributed by atoms with Crippen molar-refractivity contribution in [3.05, 3.63) is 193 Å². The molecule has 0 saturated carbocycles. The van der Waals surface area contributed by atoms with Gasteiger partial charge in [-0.05, 0) is 77.9 Å². The van der Waals surface area contributed by atoms with E-state index in [0.717, 1.165) is 71.8 Å². The Labute approximate surface area is 316 Å². The molecule has 0 fully saturated rings. The zero-order valence-corrected chi connectivity index (χ0v) is 29.5. The second-order valence-corrected chi connectivity index (χ2v) is 13.9. The Bertz CT molecular complexity index is 3420. The van der Waals surface area contributed by atoms with Gasteiger partial charge in [0.05, 0.1) is 50.9 Å². The van der Waals surface area contributed by atoms with Crippen LogP contribution in [0.4, 0.5) is 5.69 Å². The van der Waals surface area contributed by atoms with Crippen LogP contribution in [-0.2, 0) is 0 Å². The summed E-state index contributed by atoms with van der Waals surface area (Å²) in [6.07, 6.45) is 0. The fourth-order valence-corrected chi connectivity index (χ4v) is 8.81. The number of hydrogen-bond donors (Lipinski definition) is 0. The molecule has 0 aliphatic rings. The van der Waals surface area contributed by atoms with Gasteiger partial charge in [0, 0.05) is 43.7 Å². The monoisotopic (exact) mass is 699 g/mol. The number of nitriles is 1. The highest BCUT2D eigenvalue weighted by atomic mass is 15.0. The molecule has 0 atom stereocenters. The first-order chi connectivity index (χ1) is 27.2. The van der Waals surface area contributed by atoms with Gasteiger partial charge in [0.25, 0.3) is 0 Å². The zero-order chi connectivity index (χ0) is 36.6. The number of fused-ring (bicyclic) bond motifs is 9. The van der Waals surface area contributed by atoms with Gasteiger partial charge in [-0.1, -0.05) is 109 Å². The molecule has 0 N–H and O–H groups in total. The summed E-state index contributed by atoms with van der Waals surface area (Å²) >= 11 is 0. The van der Waals surface area contributed by atoms with Crippen LogP contribution in [0.1, 0.15) is 5.56 Å². The first-order valence-corrected chi connectivity index (χ1v) is 18.3. The normalized spacial score (nSPS) is 11.6. The van der Waals surface area contributed by atoms with Gasteiger partial charge in [-0.25, -0.2) is 4.85 Å². The second-order valence-electron chi connectivity index (χ2n) is 13.9. The van der Waals surface area contributed by atoms with Crippen molar-refractivity contribution in [2.24, 2.45) is 0 Å². The van der Waals surface area contributed by atoms with Crippen molar-refractivity contribution in [3.63, 3.8) is 0 Å². The molecule has 0 radical (unpaired) electrons. The molecule has 3 heterocycles. The van der Waals surface area contributed by atoms with Crippen molar-refractivity contribution in [2.75, 3.05) is 0 Å². The lowest BCUT2D eigenvalue weighted by Crippen LogP contribution is -1.98. The third kappa shape index (κ3) is 4.39. The molecule has 0 aliphatic carbocycles. The smallest absolute Gasteiger partial charge is 0.218 e. The average Bonchev–Trinajstić information content (AvgIpc) is 3.89. The van der Waals surface area contributed by atoms with E-state index in [0.29, 0.717) is 11.3 Å². The molecular weight excluding hydrogens is 671 g/mol. The Morgan fingerprint density at radius 3 is 1.64 bits per heavy atom. The molecule has 0 amide bonds. The van der Waals surface area contributed by atoms with Crippen LogP contribution < -0.4 is 0 Å². The molecule has 8 aromatic carbocycles. The fraction of sp³-hybridized carbons (Fsp3) is 0. The molecule has 11 aromatic rings. The fourth-order valence-electron chi connectivity index (χ4n) is 8.81. The van der Waals surface area contributed by atoms with Crippen LogP contribution in [0.3, 0.4) is 0 Å². The first kappa shape index (κ1) is 30.7. The molecule has 5 nitrogen and oxygen atoms in total. The summed E-state index contributed by atoms with van der Waals surface area (Å²) in [4.78, 5) is 4.24. The van der Waals surface area contributed by atoms with Gasteiger partial charge >= 0.3 is 0 Å². The molecule has 254 valence electrons. The Morgan fingerprint density at radius 1 is 0.436 bits per heavy atom. The first-order valence-electron chi connectivity index (χ1n) is 18.3. The number of benzene rings is 8. The Morgan fingerprint density at radius 2 is 0.964 bits per heavy atom. The maximum absolute atomic E-state index is 10.2. The molecule has 0 aliphatic heterocycles. The molecule has 0 unspecified atom stereocenters. The molecular formula is C50H29N5. The number of nitrogens with zero attached hydrogens (tertiary/aromatic N) is 5. The van der Waals surface area contributed by atoms with Crippen LogP contribution in [0.15, 0.2) is 176 Å². The summed E-state index contributed by atoms with van der Waals surface area (Å²) in [7, 11) is 0. The van der Waals surface area contributed by atoms with Crippen molar-refractivity contribution >= 4 is 71.1 Å². The third-order valence-corrected chi connectivity index (χ3v) is 11.1. The van der Waals surface area contributed by atoms with E-state index in [2.05, 4.69) is 158 Å². The number of aromatic nitrogens is 3. The van der Waals surface area contributed by atoms with Gasteiger partial charge in [-0.2, -0.15) is 5.26 Å². The van der Waals surface area contributed by atoms with Gasteiger partial charge in [0.15, 0.2) is 0 Å². The molecule has 0 bridgehead atoms. The second kappa shape index (κ2) is 11.8. The van der Waals surface area contributed by atoms with Crippen LogP contribution in [-0.4, -0.2) is 13.7 Å². The summed E-state index contributed by atoms with van der Waals surface area (Å²) in [5.41, 5.74) is 12.2. The van der Waals surface area contributed by atoms with Crippen LogP contribution >= 0.6 is 0 Å². The number of rotatable bonds is 4. The van der Waals surface area contributed by atoms with Gasteiger partial charge in [0.1, 0.15) is 6.07 Å². The number of hydrogen-bond acceptors (Lipinski definition) is 1. The van der Waals surface area contributed by atoms with E-state index in [1.165, 1.54) is 21.8 Å². The minimum atomic E-state index is 0.578. The largest absolute Gasteiger partial charge is 0.319 e.